The van der Waals surface area contributed by atoms with Crippen molar-refractivity contribution in [1.82, 2.24) is 10.9 Å². The van der Waals surface area contributed by atoms with Crippen molar-refractivity contribution in [3.05, 3.63) is 53.1 Å². The molecule has 1 saturated heterocycles. The summed E-state index contributed by atoms with van der Waals surface area (Å²) in [5.41, 5.74) is 8.74. The van der Waals surface area contributed by atoms with Gasteiger partial charge in [-0.25, -0.2) is 10.4 Å². The molecule has 3 atom stereocenters. The number of methoxy groups -OCH3 is 1. The standard InChI is InChI=1S/C22H25ClN6O2S/c1-12-7-8-14(23)9-17(12)29-20(24)19-13(2)27-28-21(19)26-22(29)32-11-18(30)25-15-5-4-6-16(10-15)31-3/h4-10,13,19,21,24,27-28H,11H2,1-3H3,(H,25,30). The Hall–Kier alpha value is -2.59. The molecule has 0 aromatic heterocycles. The predicted octanol–water partition coefficient (Wildman–Crippen LogP) is 3.62. The molecule has 8 nitrogen and oxygen atoms in total. The minimum absolute atomic E-state index is 0.0427. The van der Waals surface area contributed by atoms with E-state index in [1.165, 1.54) is 11.8 Å². The number of ether oxygens (including phenoxy) is 1. The van der Waals surface area contributed by atoms with Crippen LogP contribution in [0.1, 0.15) is 12.5 Å². The zero-order chi connectivity index (χ0) is 22.8. The molecule has 1 fully saturated rings. The number of hydrogen-bond acceptors (Lipinski definition) is 7. The number of aliphatic imine (C=N–C) groups is 1. The van der Waals surface area contributed by atoms with Gasteiger partial charge in [0.05, 0.1) is 24.5 Å². The molecule has 2 aromatic rings. The Kier molecular flexibility index (Phi) is 6.71. The SMILES string of the molecule is COc1cccc(NC(=O)CSC2=NC3NNC(C)C3C(=N)N2c2cc(Cl)ccc2C)c1. The van der Waals surface area contributed by atoms with Crippen LogP contribution in [0.25, 0.3) is 0 Å². The van der Waals surface area contributed by atoms with Gasteiger partial charge in [-0.3, -0.25) is 20.5 Å². The Bertz CT molecular complexity index is 1080. The number of thioether (sulfide) groups is 1. The lowest BCUT2D eigenvalue weighted by atomic mass is 9.96. The molecule has 0 saturated carbocycles. The van der Waals surface area contributed by atoms with Crippen LogP contribution in [0.4, 0.5) is 11.4 Å². The number of aryl methyl sites for hydroxylation is 1. The normalized spacial score (nSPS) is 22.4. The van der Waals surface area contributed by atoms with E-state index in [9.17, 15) is 4.79 Å². The van der Waals surface area contributed by atoms with Gasteiger partial charge in [-0.05, 0) is 43.7 Å². The molecular formula is C22H25ClN6O2S. The number of anilines is 2. The molecule has 2 heterocycles. The van der Waals surface area contributed by atoms with E-state index in [2.05, 4.69) is 16.2 Å². The van der Waals surface area contributed by atoms with Crippen molar-refractivity contribution in [1.29, 1.82) is 5.41 Å². The highest BCUT2D eigenvalue weighted by molar-refractivity contribution is 8.14. The highest BCUT2D eigenvalue weighted by Crippen LogP contribution is 2.34. The van der Waals surface area contributed by atoms with Crippen LogP contribution in [0.2, 0.25) is 5.02 Å². The molecule has 2 aromatic carbocycles. The lowest BCUT2D eigenvalue weighted by Crippen LogP contribution is -2.50. The van der Waals surface area contributed by atoms with Crippen molar-refractivity contribution < 1.29 is 9.53 Å². The fraction of sp³-hybridized carbons (Fsp3) is 0.318. The molecule has 32 heavy (non-hydrogen) atoms. The van der Waals surface area contributed by atoms with Crippen LogP contribution in [0.3, 0.4) is 0 Å². The topological polar surface area (TPSA) is 102 Å². The monoisotopic (exact) mass is 472 g/mol. The summed E-state index contributed by atoms with van der Waals surface area (Å²) in [6.07, 6.45) is -0.266. The number of carbonyl (C=O) groups is 1. The zero-order valence-corrected chi connectivity index (χ0v) is 19.6. The molecule has 2 aliphatic rings. The largest absolute Gasteiger partial charge is 0.497 e. The summed E-state index contributed by atoms with van der Waals surface area (Å²) in [7, 11) is 1.58. The Balaban J connectivity index is 1.56. The Labute approximate surface area is 196 Å². The van der Waals surface area contributed by atoms with Crippen molar-refractivity contribution in [3.8, 4) is 5.75 Å². The minimum Gasteiger partial charge on any atom is -0.497 e. The molecule has 0 bridgehead atoms. The number of benzene rings is 2. The van der Waals surface area contributed by atoms with Crippen LogP contribution >= 0.6 is 23.4 Å². The van der Waals surface area contributed by atoms with E-state index in [4.69, 9.17) is 26.7 Å². The predicted molar refractivity (Wildman–Crippen MR) is 131 cm³/mol. The summed E-state index contributed by atoms with van der Waals surface area (Å²) in [6, 6.07) is 12.8. The second-order valence-corrected chi connectivity index (χ2v) is 9.06. The summed E-state index contributed by atoms with van der Waals surface area (Å²) in [5.74, 6) is 0.913. The summed E-state index contributed by atoms with van der Waals surface area (Å²) in [4.78, 5) is 19.3. The average molecular weight is 473 g/mol. The van der Waals surface area contributed by atoms with E-state index in [0.717, 1.165) is 11.3 Å². The number of nitrogens with zero attached hydrogens (tertiary/aromatic N) is 2. The number of amides is 1. The first-order valence-corrected chi connectivity index (χ1v) is 11.5. The summed E-state index contributed by atoms with van der Waals surface area (Å²) in [5, 5.41) is 13.0. The van der Waals surface area contributed by atoms with Crippen molar-refractivity contribution >= 4 is 51.6 Å². The fourth-order valence-electron chi connectivity index (χ4n) is 3.78. The van der Waals surface area contributed by atoms with Gasteiger partial charge in [-0.15, -0.1) is 0 Å². The van der Waals surface area contributed by atoms with Gasteiger partial charge in [0.2, 0.25) is 5.91 Å². The summed E-state index contributed by atoms with van der Waals surface area (Å²) >= 11 is 7.56. The van der Waals surface area contributed by atoms with Gasteiger partial charge in [0, 0.05) is 22.8 Å². The number of halogens is 1. The van der Waals surface area contributed by atoms with Crippen LogP contribution in [0.5, 0.6) is 5.75 Å². The van der Waals surface area contributed by atoms with Gasteiger partial charge in [0.25, 0.3) is 0 Å². The molecule has 10 heteroatoms. The summed E-state index contributed by atoms with van der Waals surface area (Å²) in [6.45, 7) is 3.99. The van der Waals surface area contributed by atoms with E-state index >= 15 is 0 Å². The maximum absolute atomic E-state index is 12.6. The third kappa shape index (κ3) is 4.61. The number of fused-ring (bicyclic) bond motifs is 1. The van der Waals surface area contributed by atoms with Crippen molar-refractivity contribution in [3.63, 3.8) is 0 Å². The molecule has 0 aliphatic carbocycles. The number of amidine groups is 2. The van der Waals surface area contributed by atoms with E-state index in [1.54, 1.807) is 24.1 Å². The fourth-order valence-corrected chi connectivity index (χ4v) is 4.80. The molecule has 4 N–H and O–H groups in total. The molecule has 168 valence electrons. The molecule has 0 radical (unpaired) electrons. The second-order valence-electron chi connectivity index (χ2n) is 7.68. The second kappa shape index (κ2) is 9.50. The van der Waals surface area contributed by atoms with E-state index < -0.39 is 0 Å². The number of rotatable bonds is 5. The lowest BCUT2D eigenvalue weighted by Gasteiger charge is -2.36. The van der Waals surface area contributed by atoms with Crippen molar-refractivity contribution in [2.24, 2.45) is 10.9 Å². The molecule has 0 spiro atoms. The van der Waals surface area contributed by atoms with Crippen molar-refractivity contribution in [2.75, 3.05) is 23.1 Å². The first-order chi connectivity index (χ1) is 15.4. The van der Waals surface area contributed by atoms with Crippen LogP contribution in [0.15, 0.2) is 47.5 Å². The molecular weight excluding hydrogens is 448 g/mol. The maximum Gasteiger partial charge on any atom is 0.234 e. The maximum atomic E-state index is 12.6. The molecule has 4 rings (SSSR count). The zero-order valence-electron chi connectivity index (χ0n) is 18.0. The van der Waals surface area contributed by atoms with Gasteiger partial charge in [-0.2, -0.15) is 0 Å². The highest BCUT2D eigenvalue weighted by atomic mass is 35.5. The van der Waals surface area contributed by atoms with E-state index in [-0.39, 0.29) is 29.8 Å². The first kappa shape index (κ1) is 22.6. The third-order valence-corrected chi connectivity index (χ3v) is 6.62. The quantitative estimate of drug-likeness (QED) is 0.530. The molecule has 1 amide bonds. The smallest absolute Gasteiger partial charge is 0.234 e. The van der Waals surface area contributed by atoms with Crippen LogP contribution in [-0.2, 0) is 4.79 Å². The number of carbonyl (C=O) groups excluding carboxylic acids is 1. The summed E-state index contributed by atoms with van der Waals surface area (Å²) < 4.78 is 5.21. The lowest BCUT2D eigenvalue weighted by molar-refractivity contribution is -0.113. The Morgan fingerprint density at radius 3 is 2.91 bits per heavy atom. The molecule has 3 unspecified atom stereocenters. The average Bonchev–Trinajstić information content (AvgIpc) is 3.15. The van der Waals surface area contributed by atoms with Gasteiger partial charge in [-0.1, -0.05) is 35.5 Å². The molecule has 2 aliphatic heterocycles. The number of nitrogens with one attached hydrogen (secondary N) is 4. The van der Waals surface area contributed by atoms with Crippen LogP contribution in [0, 0.1) is 18.3 Å². The minimum atomic E-state index is -0.266. The van der Waals surface area contributed by atoms with Crippen LogP contribution < -0.4 is 25.8 Å². The van der Waals surface area contributed by atoms with Gasteiger partial charge < -0.3 is 10.1 Å². The van der Waals surface area contributed by atoms with Crippen molar-refractivity contribution in [2.45, 2.75) is 26.1 Å². The number of hydrazine groups is 1. The van der Waals surface area contributed by atoms with Gasteiger partial charge in [0.1, 0.15) is 17.8 Å². The van der Waals surface area contributed by atoms with Gasteiger partial charge in [0.15, 0.2) is 5.17 Å². The third-order valence-electron chi connectivity index (χ3n) is 5.43. The van der Waals surface area contributed by atoms with E-state index in [0.29, 0.717) is 27.5 Å². The Morgan fingerprint density at radius 1 is 1.31 bits per heavy atom. The highest BCUT2D eigenvalue weighted by Gasteiger charge is 2.44. The van der Waals surface area contributed by atoms with E-state index in [1.807, 2.05) is 44.2 Å². The number of hydrogen-bond donors (Lipinski definition) is 4. The van der Waals surface area contributed by atoms with Crippen LogP contribution in [-0.4, -0.2) is 42.0 Å². The Morgan fingerprint density at radius 2 is 2.12 bits per heavy atom. The van der Waals surface area contributed by atoms with Gasteiger partial charge >= 0.3 is 0 Å². The first-order valence-electron chi connectivity index (χ1n) is 10.2.